The molecule has 7 heteroatoms. The lowest BCUT2D eigenvalue weighted by molar-refractivity contribution is -0.118. The second kappa shape index (κ2) is 6.71. The molecule has 0 aliphatic heterocycles. The van der Waals surface area contributed by atoms with Crippen molar-refractivity contribution in [2.24, 2.45) is 11.7 Å². The number of hydrogen-bond acceptors (Lipinski definition) is 4. The third kappa shape index (κ3) is 5.18. The van der Waals surface area contributed by atoms with Crippen LogP contribution in [-0.4, -0.2) is 26.6 Å². The highest BCUT2D eigenvalue weighted by Crippen LogP contribution is 2.17. The molecule has 1 aromatic rings. The smallest absolute Gasteiger partial charge is 0.241 e. The summed E-state index contributed by atoms with van der Waals surface area (Å²) in [7, 11) is -3.34. The summed E-state index contributed by atoms with van der Waals surface area (Å²) in [6, 6.07) is 5.88. The van der Waals surface area contributed by atoms with Crippen LogP contribution in [-0.2, 0) is 14.8 Å². The summed E-state index contributed by atoms with van der Waals surface area (Å²) >= 11 is 0. The Morgan fingerprint density at radius 2 is 1.95 bits per heavy atom. The highest BCUT2D eigenvalue weighted by Gasteiger charge is 2.19. The summed E-state index contributed by atoms with van der Waals surface area (Å²) in [6.45, 7) is 3.88. The number of nitrogens with one attached hydrogen (secondary N) is 2. The molecule has 1 rings (SSSR count). The molecule has 20 heavy (non-hydrogen) atoms. The molecule has 0 spiro atoms. The Morgan fingerprint density at radius 1 is 1.35 bits per heavy atom. The van der Waals surface area contributed by atoms with Crippen molar-refractivity contribution in [2.75, 3.05) is 16.3 Å². The minimum atomic E-state index is -3.34. The van der Waals surface area contributed by atoms with E-state index in [1.165, 1.54) is 0 Å². The maximum Gasteiger partial charge on any atom is 0.241 e. The number of nitrogens with two attached hydrogens (primary N) is 1. The van der Waals surface area contributed by atoms with Crippen LogP contribution in [0.25, 0.3) is 0 Å². The fourth-order valence-electron chi connectivity index (χ4n) is 1.61. The van der Waals surface area contributed by atoms with E-state index in [0.717, 1.165) is 12.7 Å². The minimum Gasteiger partial charge on any atom is -0.325 e. The highest BCUT2D eigenvalue weighted by atomic mass is 32.2. The number of anilines is 2. The summed E-state index contributed by atoms with van der Waals surface area (Å²) in [5.74, 6) is -0.205. The van der Waals surface area contributed by atoms with Crippen LogP contribution in [0.3, 0.4) is 0 Å². The Balaban J connectivity index is 2.78. The van der Waals surface area contributed by atoms with Gasteiger partial charge in [-0.25, -0.2) is 8.42 Å². The second-order valence-corrected chi connectivity index (χ2v) is 6.60. The molecule has 0 radical (unpaired) electrons. The number of benzene rings is 1. The Hall–Kier alpha value is -1.60. The molecule has 0 saturated heterocycles. The fraction of sp³-hybridized carbons (Fsp3) is 0.462. The Labute approximate surface area is 119 Å². The van der Waals surface area contributed by atoms with Gasteiger partial charge in [0, 0.05) is 5.69 Å². The van der Waals surface area contributed by atoms with E-state index in [9.17, 15) is 13.2 Å². The number of sulfonamides is 1. The van der Waals surface area contributed by atoms with Gasteiger partial charge in [0.25, 0.3) is 0 Å². The molecule has 0 aromatic heterocycles. The van der Waals surface area contributed by atoms with Crippen molar-refractivity contribution in [3.63, 3.8) is 0 Å². The van der Waals surface area contributed by atoms with E-state index in [-0.39, 0.29) is 11.8 Å². The molecule has 0 heterocycles. The zero-order valence-corrected chi connectivity index (χ0v) is 12.7. The Bertz CT molecular complexity index is 572. The standard InChI is InChI=1S/C13H21N3O3S/c1-4-9(2)12(14)13(17)15-10-6-5-7-11(8-10)16-20(3,18)19/h5-9,12,16H,4,14H2,1-3H3,(H,15,17). The first-order valence-electron chi connectivity index (χ1n) is 6.37. The summed E-state index contributed by atoms with van der Waals surface area (Å²) < 4.78 is 24.7. The van der Waals surface area contributed by atoms with Crippen LogP contribution in [0.15, 0.2) is 24.3 Å². The predicted molar refractivity (Wildman–Crippen MR) is 81.0 cm³/mol. The first kappa shape index (κ1) is 16.5. The molecule has 112 valence electrons. The van der Waals surface area contributed by atoms with Gasteiger partial charge in [-0.2, -0.15) is 0 Å². The number of rotatable bonds is 6. The number of carbonyl (C=O) groups is 1. The van der Waals surface area contributed by atoms with Crippen molar-refractivity contribution in [3.8, 4) is 0 Å². The zero-order valence-electron chi connectivity index (χ0n) is 11.9. The van der Waals surface area contributed by atoms with Gasteiger partial charge < -0.3 is 11.1 Å². The van der Waals surface area contributed by atoms with E-state index in [1.807, 2.05) is 13.8 Å². The molecule has 1 aromatic carbocycles. The Kier molecular flexibility index (Phi) is 5.52. The van der Waals surface area contributed by atoms with E-state index in [0.29, 0.717) is 11.4 Å². The van der Waals surface area contributed by atoms with Gasteiger partial charge in [0.2, 0.25) is 15.9 Å². The number of hydrogen-bond donors (Lipinski definition) is 3. The predicted octanol–water partition coefficient (Wildman–Crippen LogP) is 1.37. The molecular weight excluding hydrogens is 278 g/mol. The third-order valence-electron chi connectivity index (χ3n) is 2.99. The van der Waals surface area contributed by atoms with Crippen LogP contribution in [0.5, 0.6) is 0 Å². The van der Waals surface area contributed by atoms with Gasteiger partial charge in [-0.3, -0.25) is 9.52 Å². The third-order valence-corrected chi connectivity index (χ3v) is 3.60. The summed E-state index contributed by atoms with van der Waals surface area (Å²) in [6.07, 6.45) is 1.88. The molecule has 2 unspecified atom stereocenters. The van der Waals surface area contributed by atoms with Crippen LogP contribution in [0, 0.1) is 5.92 Å². The molecule has 0 fully saturated rings. The topological polar surface area (TPSA) is 101 Å². The first-order valence-corrected chi connectivity index (χ1v) is 8.26. The molecule has 4 N–H and O–H groups in total. The van der Waals surface area contributed by atoms with Crippen LogP contribution in [0.1, 0.15) is 20.3 Å². The van der Waals surface area contributed by atoms with E-state index in [1.54, 1.807) is 24.3 Å². The van der Waals surface area contributed by atoms with E-state index in [4.69, 9.17) is 5.73 Å². The van der Waals surface area contributed by atoms with Crippen molar-refractivity contribution in [2.45, 2.75) is 26.3 Å². The SMILES string of the molecule is CCC(C)C(N)C(=O)Nc1cccc(NS(C)(=O)=O)c1. The molecule has 0 aliphatic carbocycles. The molecule has 6 nitrogen and oxygen atoms in total. The van der Waals surface area contributed by atoms with E-state index < -0.39 is 16.1 Å². The van der Waals surface area contributed by atoms with Crippen molar-refractivity contribution >= 4 is 27.3 Å². The van der Waals surface area contributed by atoms with E-state index in [2.05, 4.69) is 10.0 Å². The molecular formula is C13H21N3O3S. The van der Waals surface area contributed by atoms with Crippen LogP contribution in [0.2, 0.25) is 0 Å². The maximum atomic E-state index is 11.9. The zero-order chi connectivity index (χ0) is 15.3. The van der Waals surface area contributed by atoms with Crippen molar-refractivity contribution in [1.29, 1.82) is 0 Å². The van der Waals surface area contributed by atoms with Gasteiger partial charge in [-0.1, -0.05) is 26.3 Å². The normalized spacial score (nSPS) is 14.4. The van der Waals surface area contributed by atoms with Crippen LogP contribution < -0.4 is 15.8 Å². The maximum absolute atomic E-state index is 11.9. The largest absolute Gasteiger partial charge is 0.325 e. The summed E-state index contributed by atoms with van der Waals surface area (Å²) in [4.78, 5) is 11.9. The molecule has 0 bridgehead atoms. The molecule has 0 saturated carbocycles. The first-order chi connectivity index (χ1) is 9.23. The van der Waals surface area contributed by atoms with E-state index >= 15 is 0 Å². The lowest BCUT2D eigenvalue weighted by Gasteiger charge is -2.18. The van der Waals surface area contributed by atoms with Crippen molar-refractivity contribution in [3.05, 3.63) is 24.3 Å². The van der Waals surface area contributed by atoms with Gasteiger partial charge in [0.05, 0.1) is 18.0 Å². The van der Waals surface area contributed by atoms with Crippen molar-refractivity contribution < 1.29 is 13.2 Å². The van der Waals surface area contributed by atoms with Crippen molar-refractivity contribution in [1.82, 2.24) is 0 Å². The molecule has 0 aliphatic rings. The van der Waals surface area contributed by atoms with Gasteiger partial charge in [-0.05, 0) is 24.1 Å². The van der Waals surface area contributed by atoms with Gasteiger partial charge in [-0.15, -0.1) is 0 Å². The number of amides is 1. The fourth-order valence-corrected chi connectivity index (χ4v) is 2.17. The quantitative estimate of drug-likeness (QED) is 0.738. The molecule has 2 atom stereocenters. The summed E-state index contributed by atoms with van der Waals surface area (Å²) in [5, 5.41) is 2.68. The van der Waals surface area contributed by atoms with Crippen LogP contribution >= 0.6 is 0 Å². The average Bonchev–Trinajstić information content (AvgIpc) is 2.35. The van der Waals surface area contributed by atoms with Gasteiger partial charge in [0.1, 0.15) is 0 Å². The highest BCUT2D eigenvalue weighted by molar-refractivity contribution is 7.92. The van der Waals surface area contributed by atoms with Gasteiger partial charge in [0.15, 0.2) is 0 Å². The van der Waals surface area contributed by atoms with Gasteiger partial charge >= 0.3 is 0 Å². The lowest BCUT2D eigenvalue weighted by atomic mass is 9.99. The second-order valence-electron chi connectivity index (χ2n) is 4.86. The lowest BCUT2D eigenvalue weighted by Crippen LogP contribution is -2.40. The Morgan fingerprint density at radius 3 is 2.50 bits per heavy atom. The minimum absolute atomic E-state index is 0.0762. The number of carbonyl (C=O) groups excluding carboxylic acids is 1. The monoisotopic (exact) mass is 299 g/mol. The van der Waals surface area contributed by atoms with Crippen LogP contribution in [0.4, 0.5) is 11.4 Å². The summed E-state index contributed by atoms with van der Waals surface area (Å²) in [5.41, 5.74) is 6.73. The molecule has 1 amide bonds. The average molecular weight is 299 g/mol.